The minimum absolute atomic E-state index is 0.00232. The SMILES string of the molecule is O=[N+]([O-])c1ccc(OC[C@@H](O)C[NH2+]C[C@@H]2COc3ccccc3O2)cc1. The van der Waals surface area contributed by atoms with Crippen molar-refractivity contribution >= 4 is 5.69 Å². The van der Waals surface area contributed by atoms with Crippen LogP contribution in [0.2, 0.25) is 0 Å². The number of ether oxygens (including phenoxy) is 3. The lowest BCUT2D eigenvalue weighted by atomic mass is 10.2. The number of non-ortho nitro benzene ring substituents is 1. The van der Waals surface area contributed by atoms with Crippen molar-refractivity contribution < 1.29 is 29.6 Å². The maximum Gasteiger partial charge on any atom is 0.269 e. The van der Waals surface area contributed by atoms with Crippen LogP contribution in [0.3, 0.4) is 0 Å². The third-order valence-electron chi connectivity index (χ3n) is 3.93. The monoisotopic (exact) mass is 361 g/mol. The van der Waals surface area contributed by atoms with Crippen molar-refractivity contribution in [2.45, 2.75) is 12.2 Å². The van der Waals surface area contributed by atoms with Crippen LogP contribution in [-0.2, 0) is 0 Å². The van der Waals surface area contributed by atoms with Crippen LogP contribution in [0.4, 0.5) is 5.69 Å². The van der Waals surface area contributed by atoms with Crippen LogP contribution in [-0.4, -0.2) is 48.5 Å². The van der Waals surface area contributed by atoms with Crippen LogP contribution in [0.15, 0.2) is 48.5 Å². The van der Waals surface area contributed by atoms with Crippen LogP contribution in [0.25, 0.3) is 0 Å². The van der Waals surface area contributed by atoms with Crippen molar-refractivity contribution in [1.29, 1.82) is 0 Å². The van der Waals surface area contributed by atoms with Gasteiger partial charge in [-0.25, -0.2) is 0 Å². The molecule has 2 aromatic rings. The fourth-order valence-corrected chi connectivity index (χ4v) is 2.58. The molecule has 1 heterocycles. The Balaban J connectivity index is 1.35. The molecule has 1 aliphatic rings. The lowest BCUT2D eigenvalue weighted by molar-refractivity contribution is -0.666. The van der Waals surface area contributed by atoms with E-state index < -0.39 is 11.0 Å². The minimum Gasteiger partial charge on any atom is -0.491 e. The first kappa shape index (κ1) is 18.0. The molecule has 0 radical (unpaired) electrons. The highest BCUT2D eigenvalue weighted by molar-refractivity contribution is 5.40. The van der Waals surface area contributed by atoms with Gasteiger partial charge in [-0.3, -0.25) is 10.1 Å². The molecule has 0 saturated heterocycles. The topological polar surface area (TPSA) is 108 Å². The second-order valence-electron chi connectivity index (χ2n) is 5.97. The number of fused-ring (bicyclic) bond motifs is 1. The maximum absolute atomic E-state index is 10.6. The molecule has 0 bridgehead atoms. The molecule has 26 heavy (non-hydrogen) atoms. The molecule has 0 unspecified atom stereocenters. The Kier molecular flexibility index (Phi) is 5.88. The van der Waals surface area contributed by atoms with Gasteiger partial charge in [-0.1, -0.05) is 12.1 Å². The Morgan fingerprint density at radius 3 is 2.69 bits per heavy atom. The number of para-hydroxylation sites is 2. The normalized spacial score (nSPS) is 16.7. The predicted molar refractivity (Wildman–Crippen MR) is 92.6 cm³/mol. The van der Waals surface area contributed by atoms with Crippen LogP contribution >= 0.6 is 0 Å². The van der Waals surface area contributed by atoms with Gasteiger partial charge in [0, 0.05) is 12.1 Å². The first-order valence-electron chi connectivity index (χ1n) is 8.37. The zero-order valence-corrected chi connectivity index (χ0v) is 14.1. The molecule has 3 rings (SSSR count). The summed E-state index contributed by atoms with van der Waals surface area (Å²) in [5, 5.41) is 22.6. The molecule has 8 heteroatoms. The molecule has 0 saturated carbocycles. The number of aliphatic hydroxyl groups excluding tert-OH is 1. The number of quaternary nitrogens is 1. The largest absolute Gasteiger partial charge is 0.491 e. The van der Waals surface area contributed by atoms with Gasteiger partial charge in [0.25, 0.3) is 5.69 Å². The third kappa shape index (κ3) is 4.84. The summed E-state index contributed by atoms with van der Waals surface area (Å²) in [7, 11) is 0. The Bertz CT molecular complexity index is 737. The number of aliphatic hydroxyl groups is 1. The van der Waals surface area contributed by atoms with Gasteiger partial charge in [0.2, 0.25) is 0 Å². The van der Waals surface area contributed by atoms with Crippen molar-refractivity contribution in [2.75, 3.05) is 26.3 Å². The van der Waals surface area contributed by atoms with E-state index in [1.54, 1.807) is 0 Å². The summed E-state index contributed by atoms with van der Waals surface area (Å²) in [6, 6.07) is 13.3. The van der Waals surface area contributed by atoms with Crippen molar-refractivity contribution in [3.8, 4) is 17.2 Å². The van der Waals surface area contributed by atoms with Gasteiger partial charge in [0.05, 0.1) is 4.92 Å². The first-order chi connectivity index (χ1) is 12.6. The van der Waals surface area contributed by atoms with Crippen LogP contribution in [0, 0.1) is 10.1 Å². The average Bonchev–Trinajstić information content (AvgIpc) is 2.66. The highest BCUT2D eigenvalue weighted by Crippen LogP contribution is 2.30. The number of nitrogens with two attached hydrogens (primary N) is 1. The van der Waals surface area contributed by atoms with E-state index in [0.717, 1.165) is 11.5 Å². The molecule has 8 nitrogen and oxygen atoms in total. The van der Waals surface area contributed by atoms with Gasteiger partial charge < -0.3 is 24.6 Å². The lowest BCUT2D eigenvalue weighted by Crippen LogP contribution is -2.89. The summed E-state index contributed by atoms with van der Waals surface area (Å²) in [5.74, 6) is 1.97. The molecule has 0 aromatic heterocycles. The van der Waals surface area contributed by atoms with Gasteiger partial charge in [-0.2, -0.15) is 0 Å². The van der Waals surface area contributed by atoms with E-state index in [9.17, 15) is 15.2 Å². The summed E-state index contributed by atoms with van der Waals surface area (Å²) in [5.41, 5.74) is 0.00232. The molecule has 3 N–H and O–H groups in total. The fraction of sp³-hybridized carbons (Fsp3) is 0.333. The number of benzene rings is 2. The molecular formula is C18H21N2O6+. The second kappa shape index (κ2) is 8.50. The maximum atomic E-state index is 10.6. The number of nitrogens with zero attached hydrogens (tertiary/aromatic N) is 1. The molecule has 0 amide bonds. The second-order valence-corrected chi connectivity index (χ2v) is 5.97. The van der Waals surface area contributed by atoms with Gasteiger partial charge in [0.15, 0.2) is 17.6 Å². The molecule has 1 aliphatic heterocycles. The van der Waals surface area contributed by atoms with Crippen molar-refractivity contribution in [3.05, 3.63) is 58.6 Å². The van der Waals surface area contributed by atoms with E-state index in [-0.39, 0.29) is 18.4 Å². The average molecular weight is 361 g/mol. The number of hydrogen-bond acceptors (Lipinski definition) is 6. The van der Waals surface area contributed by atoms with Crippen molar-refractivity contribution in [2.24, 2.45) is 0 Å². The van der Waals surface area contributed by atoms with Gasteiger partial charge in [-0.05, 0) is 24.3 Å². The van der Waals surface area contributed by atoms with Crippen molar-refractivity contribution in [1.82, 2.24) is 0 Å². The van der Waals surface area contributed by atoms with E-state index in [1.165, 1.54) is 24.3 Å². The number of hydrogen-bond donors (Lipinski definition) is 2. The van der Waals surface area contributed by atoms with Crippen molar-refractivity contribution in [3.63, 3.8) is 0 Å². The molecule has 0 fully saturated rings. The van der Waals surface area contributed by atoms with Gasteiger partial charge in [-0.15, -0.1) is 0 Å². The zero-order chi connectivity index (χ0) is 18.4. The summed E-state index contributed by atoms with van der Waals surface area (Å²) < 4.78 is 16.9. The van der Waals surface area contributed by atoms with E-state index in [0.29, 0.717) is 25.4 Å². The van der Waals surface area contributed by atoms with Gasteiger partial charge >= 0.3 is 0 Å². The standard InChI is InChI=1S/C18H20N2O6/c21-14(11-24-15-7-5-13(6-8-15)20(22)23)9-19-10-16-12-25-17-3-1-2-4-18(17)26-16/h1-8,14,16,19,21H,9-12H2/p+1/t14-,16+/m0/s1. The Hall–Kier alpha value is -2.84. The summed E-state index contributed by atoms with van der Waals surface area (Å²) >= 11 is 0. The third-order valence-corrected chi connectivity index (χ3v) is 3.93. The first-order valence-corrected chi connectivity index (χ1v) is 8.37. The summed E-state index contributed by atoms with van der Waals surface area (Å²) in [6.07, 6.45) is -0.741. The lowest BCUT2D eigenvalue weighted by Gasteiger charge is -2.25. The summed E-state index contributed by atoms with van der Waals surface area (Å²) in [4.78, 5) is 10.1. The highest BCUT2D eigenvalue weighted by Gasteiger charge is 2.22. The Labute approximate surface area is 150 Å². The molecule has 2 aromatic carbocycles. The molecule has 0 aliphatic carbocycles. The summed E-state index contributed by atoms with van der Waals surface area (Å²) in [6.45, 7) is 1.69. The van der Waals surface area contributed by atoms with E-state index in [2.05, 4.69) is 0 Å². The fourth-order valence-electron chi connectivity index (χ4n) is 2.58. The van der Waals surface area contributed by atoms with Crippen LogP contribution in [0.1, 0.15) is 0 Å². The highest BCUT2D eigenvalue weighted by atomic mass is 16.6. The molecular weight excluding hydrogens is 340 g/mol. The minimum atomic E-state index is -0.665. The Morgan fingerprint density at radius 1 is 1.23 bits per heavy atom. The van der Waals surface area contributed by atoms with E-state index in [4.69, 9.17) is 14.2 Å². The smallest absolute Gasteiger partial charge is 0.269 e. The molecule has 2 atom stereocenters. The van der Waals surface area contributed by atoms with Crippen LogP contribution in [0.5, 0.6) is 17.2 Å². The van der Waals surface area contributed by atoms with E-state index >= 15 is 0 Å². The van der Waals surface area contributed by atoms with Gasteiger partial charge in [0.1, 0.15) is 38.2 Å². The predicted octanol–water partition coefficient (Wildman–Crippen LogP) is 0.738. The number of nitro groups is 1. The molecule has 0 spiro atoms. The molecule has 138 valence electrons. The van der Waals surface area contributed by atoms with E-state index in [1.807, 2.05) is 29.6 Å². The number of rotatable bonds is 8. The quantitative estimate of drug-likeness (QED) is 0.530. The zero-order valence-electron chi connectivity index (χ0n) is 14.1. The van der Waals surface area contributed by atoms with Crippen LogP contribution < -0.4 is 19.5 Å². The Morgan fingerprint density at radius 2 is 1.96 bits per heavy atom. The number of nitro benzene ring substituents is 1.